The molecule has 0 bridgehead atoms. The molecule has 86 valence electrons. The summed E-state index contributed by atoms with van der Waals surface area (Å²) >= 11 is 0. The van der Waals surface area contributed by atoms with Crippen molar-refractivity contribution in [1.29, 1.82) is 5.26 Å². The predicted octanol–water partition coefficient (Wildman–Crippen LogP) is 1.32. The van der Waals surface area contributed by atoms with E-state index >= 15 is 0 Å². The molecule has 1 saturated carbocycles. The van der Waals surface area contributed by atoms with E-state index in [2.05, 4.69) is 4.52 Å². The van der Waals surface area contributed by atoms with Crippen LogP contribution in [0.4, 0.5) is 0 Å². The quantitative estimate of drug-likeness (QED) is 0.714. The Morgan fingerprint density at radius 1 is 1.67 bits per heavy atom. The van der Waals surface area contributed by atoms with Crippen molar-refractivity contribution in [3.05, 3.63) is 0 Å². The summed E-state index contributed by atoms with van der Waals surface area (Å²) in [5.74, 6) is -2.32. The molecule has 1 rings (SSSR count). The maximum atomic E-state index is 11.5. The molecule has 0 heterocycles. The van der Waals surface area contributed by atoms with Crippen molar-refractivity contribution < 1.29 is 19.1 Å². The van der Waals surface area contributed by atoms with E-state index in [0.717, 1.165) is 0 Å². The molecular formula is C9H16NO4P. The molecule has 6 heteroatoms. The van der Waals surface area contributed by atoms with Crippen LogP contribution >= 0.6 is 7.60 Å². The second-order valence-corrected chi connectivity index (χ2v) is 6.26. The molecule has 2 N–H and O–H groups in total. The number of aliphatic hydroxyl groups is 1. The fourth-order valence-electron chi connectivity index (χ4n) is 1.94. The first kappa shape index (κ1) is 12.7. The average molecular weight is 233 g/mol. The minimum Gasteiger partial charge on any atom is -0.380 e. The van der Waals surface area contributed by atoms with Gasteiger partial charge >= 0.3 is 7.60 Å². The van der Waals surface area contributed by atoms with E-state index in [1.165, 1.54) is 0 Å². The summed E-state index contributed by atoms with van der Waals surface area (Å²) in [6.45, 7) is 5.23. The van der Waals surface area contributed by atoms with Crippen LogP contribution in [0.15, 0.2) is 0 Å². The van der Waals surface area contributed by atoms with Gasteiger partial charge in [0.1, 0.15) is 0 Å². The van der Waals surface area contributed by atoms with Crippen molar-refractivity contribution in [3.8, 4) is 6.07 Å². The molecule has 1 fully saturated rings. The molecule has 0 aromatic rings. The van der Waals surface area contributed by atoms with E-state index in [0.29, 0.717) is 0 Å². The molecule has 15 heavy (non-hydrogen) atoms. The second-order valence-electron chi connectivity index (χ2n) is 4.35. The van der Waals surface area contributed by atoms with Crippen molar-refractivity contribution in [3.63, 3.8) is 0 Å². The van der Waals surface area contributed by atoms with Crippen LogP contribution in [0.25, 0.3) is 0 Å². The van der Waals surface area contributed by atoms with Gasteiger partial charge in [-0.15, -0.1) is 0 Å². The van der Waals surface area contributed by atoms with Crippen LogP contribution in [-0.4, -0.2) is 22.5 Å². The van der Waals surface area contributed by atoms with Crippen LogP contribution in [0.1, 0.15) is 20.8 Å². The van der Waals surface area contributed by atoms with Gasteiger partial charge in [0.2, 0.25) is 0 Å². The first-order valence-corrected chi connectivity index (χ1v) is 6.48. The number of aliphatic hydroxyl groups excluding tert-OH is 1. The molecule has 0 aromatic heterocycles. The van der Waals surface area contributed by atoms with Crippen LogP contribution in [0.5, 0.6) is 0 Å². The molecule has 0 amide bonds. The second kappa shape index (κ2) is 3.88. The Morgan fingerprint density at radius 2 is 2.20 bits per heavy atom. The van der Waals surface area contributed by atoms with Gasteiger partial charge < -0.3 is 14.5 Å². The van der Waals surface area contributed by atoms with Crippen LogP contribution < -0.4 is 0 Å². The SMILES string of the molecule is CCOP(=O)(O)C(O)C1C(C#N)C1(C)C. The monoisotopic (exact) mass is 233 g/mol. The Morgan fingerprint density at radius 3 is 2.53 bits per heavy atom. The smallest absolute Gasteiger partial charge is 0.356 e. The van der Waals surface area contributed by atoms with Gasteiger partial charge in [0.25, 0.3) is 0 Å². The van der Waals surface area contributed by atoms with Crippen molar-refractivity contribution in [2.24, 2.45) is 17.3 Å². The summed E-state index contributed by atoms with van der Waals surface area (Å²) in [6.07, 6.45) is 0. The molecular weight excluding hydrogens is 217 g/mol. The summed E-state index contributed by atoms with van der Waals surface area (Å²) in [4.78, 5) is 9.41. The lowest BCUT2D eigenvalue weighted by Gasteiger charge is -2.18. The van der Waals surface area contributed by atoms with Crippen LogP contribution in [0.3, 0.4) is 0 Å². The van der Waals surface area contributed by atoms with Gasteiger partial charge in [0, 0.05) is 5.92 Å². The first-order chi connectivity index (χ1) is 6.79. The molecule has 5 nitrogen and oxygen atoms in total. The highest BCUT2D eigenvalue weighted by atomic mass is 31.2. The van der Waals surface area contributed by atoms with Crippen LogP contribution in [0, 0.1) is 28.6 Å². The fourth-order valence-corrected chi connectivity index (χ4v) is 3.43. The third-order valence-electron chi connectivity index (χ3n) is 3.02. The van der Waals surface area contributed by atoms with E-state index < -0.39 is 24.8 Å². The van der Waals surface area contributed by atoms with Crippen molar-refractivity contribution in [1.82, 2.24) is 0 Å². The highest BCUT2D eigenvalue weighted by molar-refractivity contribution is 7.53. The largest absolute Gasteiger partial charge is 0.380 e. The summed E-state index contributed by atoms with van der Waals surface area (Å²) in [5, 5.41) is 18.5. The Balaban J connectivity index is 2.77. The number of hydrogen-bond acceptors (Lipinski definition) is 4. The van der Waals surface area contributed by atoms with Gasteiger partial charge in [-0.3, -0.25) is 4.57 Å². The molecule has 0 aromatic carbocycles. The normalized spacial score (nSPS) is 33.9. The van der Waals surface area contributed by atoms with E-state index in [1.807, 2.05) is 6.07 Å². The third-order valence-corrected chi connectivity index (χ3v) is 4.64. The predicted molar refractivity (Wildman–Crippen MR) is 53.8 cm³/mol. The van der Waals surface area contributed by atoms with E-state index in [4.69, 9.17) is 5.26 Å². The topological polar surface area (TPSA) is 90.6 Å². The Bertz CT molecular complexity index is 335. The van der Waals surface area contributed by atoms with E-state index in [1.54, 1.807) is 20.8 Å². The molecule has 4 atom stereocenters. The summed E-state index contributed by atoms with van der Waals surface area (Å²) in [5.41, 5.74) is -0.413. The van der Waals surface area contributed by atoms with Gasteiger partial charge in [0.05, 0.1) is 18.6 Å². The third kappa shape index (κ3) is 2.09. The van der Waals surface area contributed by atoms with Gasteiger partial charge in [-0.25, -0.2) is 0 Å². The highest BCUT2D eigenvalue weighted by Gasteiger charge is 2.65. The molecule has 0 spiro atoms. The minimum atomic E-state index is -4.00. The van der Waals surface area contributed by atoms with Gasteiger partial charge in [-0.1, -0.05) is 13.8 Å². The van der Waals surface area contributed by atoms with Crippen molar-refractivity contribution >= 4 is 7.60 Å². The fraction of sp³-hybridized carbons (Fsp3) is 0.889. The molecule has 0 radical (unpaired) electrons. The standard InChI is InChI=1S/C9H16NO4P/c1-4-14-15(12,13)8(11)7-6(5-10)9(7,2)3/h6-8,11H,4H2,1-3H3,(H,12,13). The van der Waals surface area contributed by atoms with Gasteiger partial charge in [0.15, 0.2) is 5.85 Å². The van der Waals surface area contributed by atoms with Crippen LogP contribution in [0.2, 0.25) is 0 Å². The Kier molecular flexibility index (Phi) is 3.27. The Labute approximate surface area is 89.2 Å². The van der Waals surface area contributed by atoms with Crippen molar-refractivity contribution in [2.75, 3.05) is 6.61 Å². The molecule has 1 aliphatic carbocycles. The summed E-state index contributed by atoms with van der Waals surface area (Å²) in [7, 11) is -4.00. The molecule has 4 unspecified atom stereocenters. The molecule has 0 aliphatic heterocycles. The summed E-state index contributed by atoms with van der Waals surface area (Å²) in [6, 6.07) is 2.03. The molecule has 1 aliphatic rings. The van der Waals surface area contributed by atoms with Gasteiger partial charge in [-0.2, -0.15) is 5.26 Å². The zero-order valence-electron chi connectivity index (χ0n) is 9.04. The zero-order valence-corrected chi connectivity index (χ0v) is 9.94. The van der Waals surface area contributed by atoms with Crippen LogP contribution in [-0.2, 0) is 9.09 Å². The number of hydrogen-bond donors (Lipinski definition) is 2. The highest BCUT2D eigenvalue weighted by Crippen LogP contribution is 2.66. The molecule has 0 saturated heterocycles. The average Bonchev–Trinajstić information content (AvgIpc) is 2.66. The minimum absolute atomic E-state index is 0.0647. The summed E-state index contributed by atoms with van der Waals surface area (Å²) < 4.78 is 16.1. The Hall–Kier alpha value is -0.400. The number of rotatable bonds is 4. The maximum Gasteiger partial charge on any atom is 0.356 e. The van der Waals surface area contributed by atoms with E-state index in [9.17, 15) is 14.6 Å². The number of nitriles is 1. The van der Waals surface area contributed by atoms with E-state index in [-0.39, 0.29) is 12.5 Å². The zero-order chi connectivity index (χ0) is 11.9. The lowest BCUT2D eigenvalue weighted by molar-refractivity contribution is 0.149. The lowest BCUT2D eigenvalue weighted by Crippen LogP contribution is -2.15. The maximum absolute atomic E-state index is 11.5. The number of nitrogens with zero attached hydrogens (tertiary/aromatic N) is 1. The lowest BCUT2D eigenvalue weighted by atomic mass is 10.1. The first-order valence-electron chi connectivity index (χ1n) is 4.83. The van der Waals surface area contributed by atoms with Gasteiger partial charge in [-0.05, 0) is 12.3 Å². The van der Waals surface area contributed by atoms with Crippen molar-refractivity contribution in [2.45, 2.75) is 26.6 Å².